The Morgan fingerprint density at radius 1 is 1.22 bits per heavy atom. The number of hydrogen-bond donors (Lipinski definition) is 0. The fourth-order valence-corrected chi connectivity index (χ4v) is 3.43. The smallest absolute Gasteiger partial charge is 0.168 e. The summed E-state index contributed by atoms with van der Waals surface area (Å²) in [5, 5.41) is 0. The Kier molecular flexibility index (Phi) is 4.36. The average Bonchev–Trinajstić information content (AvgIpc) is 2.75. The van der Waals surface area contributed by atoms with Gasteiger partial charge in [-0.1, -0.05) is 22.9 Å². The summed E-state index contributed by atoms with van der Waals surface area (Å²) in [6.07, 6.45) is 1.54. The highest BCUT2D eigenvalue weighted by atomic mass is 79.9. The highest BCUT2D eigenvalue weighted by molar-refractivity contribution is 9.10. The maximum absolute atomic E-state index is 12.2. The van der Waals surface area contributed by atoms with Crippen LogP contribution in [0.25, 0.3) is 0 Å². The van der Waals surface area contributed by atoms with Crippen LogP contribution in [-0.2, 0) is 12.8 Å². The maximum Gasteiger partial charge on any atom is 0.168 e. The standard InChI is InChI=1S/C15H15BrOS/c1-3-13-4-5-14(18-13)9-15(17)11-6-10(2)7-12(16)8-11/h4-8H,3,9H2,1-2H3. The third-order valence-electron chi connectivity index (χ3n) is 2.76. The van der Waals surface area contributed by atoms with Crippen LogP contribution in [0.2, 0.25) is 0 Å². The largest absolute Gasteiger partial charge is 0.294 e. The number of benzene rings is 1. The molecule has 3 heteroatoms. The normalized spacial score (nSPS) is 10.6. The molecule has 0 amide bonds. The molecule has 0 fully saturated rings. The number of carbonyl (C=O) groups excluding carboxylic acids is 1. The lowest BCUT2D eigenvalue weighted by Crippen LogP contribution is -2.02. The number of aryl methyl sites for hydroxylation is 2. The molecule has 1 aromatic heterocycles. The Balaban J connectivity index is 2.16. The van der Waals surface area contributed by atoms with Gasteiger partial charge in [0.2, 0.25) is 0 Å². The average molecular weight is 323 g/mol. The van der Waals surface area contributed by atoms with Gasteiger partial charge in [-0.3, -0.25) is 4.79 Å². The second-order valence-electron chi connectivity index (χ2n) is 4.34. The quantitative estimate of drug-likeness (QED) is 0.738. The molecule has 2 rings (SSSR count). The van der Waals surface area contributed by atoms with Crippen molar-refractivity contribution in [1.82, 2.24) is 0 Å². The number of hydrogen-bond acceptors (Lipinski definition) is 2. The van der Waals surface area contributed by atoms with E-state index in [1.165, 1.54) is 4.88 Å². The SMILES string of the molecule is CCc1ccc(CC(=O)c2cc(C)cc(Br)c2)s1. The van der Waals surface area contributed by atoms with E-state index in [-0.39, 0.29) is 5.78 Å². The first-order valence-corrected chi connectivity index (χ1v) is 7.57. The van der Waals surface area contributed by atoms with Crippen LogP contribution in [0, 0.1) is 6.92 Å². The van der Waals surface area contributed by atoms with Crippen LogP contribution in [-0.4, -0.2) is 5.78 Å². The van der Waals surface area contributed by atoms with E-state index >= 15 is 0 Å². The summed E-state index contributed by atoms with van der Waals surface area (Å²) in [6.45, 7) is 4.14. The van der Waals surface area contributed by atoms with Gasteiger partial charge >= 0.3 is 0 Å². The summed E-state index contributed by atoms with van der Waals surface area (Å²) in [5.41, 5.74) is 1.89. The van der Waals surface area contributed by atoms with Gasteiger partial charge in [0.25, 0.3) is 0 Å². The molecule has 0 N–H and O–H groups in total. The molecule has 94 valence electrons. The molecule has 0 aliphatic rings. The summed E-state index contributed by atoms with van der Waals surface area (Å²) >= 11 is 5.16. The van der Waals surface area contributed by atoms with Gasteiger partial charge in [-0.15, -0.1) is 11.3 Å². The Morgan fingerprint density at radius 2 is 1.94 bits per heavy atom. The van der Waals surface area contributed by atoms with Crippen LogP contribution < -0.4 is 0 Å². The number of carbonyl (C=O) groups is 1. The molecule has 0 saturated heterocycles. The van der Waals surface area contributed by atoms with E-state index in [0.29, 0.717) is 6.42 Å². The van der Waals surface area contributed by atoms with E-state index < -0.39 is 0 Å². The number of ketones is 1. The Bertz CT molecular complexity index is 551. The van der Waals surface area contributed by atoms with Crippen molar-refractivity contribution in [2.75, 3.05) is 0 Å². The highest BCUT2D eigenvalue weighted by Crippen LogP contribution is 2.21. The maximum atomic E-state index is 12.2. The molecule has 0 saturated carbocycles. The summed E-state index contributed by atoms with van der Waals surface area (Å²) < 4.78 is 0.964. The molecular formula is C15H15BrOS. The second kappa shape index (κ2) is 5.81. The molecule has 0 aliphatic heterocycles. The van der Waals surface area contributed by atoms with Crippen molar-refractivity contribution < 1.29 is 4.79 Å². The van der Waals surface area contributed by atoms with E-state index in [2.05, 4.69) is 35.0 Å². The number of thiophene rings is 1. The summed E-state index contributed by atoms with van der Waals surface area (Å²) in [7, 11) is 0. The predicted molar refractivity (Wildman–Crippen MR) is 80.6 cm³/mol. The van der Waals surface area contributed by atoms with E-state index in [4.69, 9.17) is 0 Å². The molecule has 0 spiro atoms. The summed E-state index contributed by atoms with van der Waals surface area (Å²) in [5.74, 6) is 0.184. The van der Waals surface area contributed by atoms with Gasteiger partial charge in [0.1, 0.15) is 0 Å². The topological polar surface area (TPSA) is 17.1 Å². The van der Waals surface area contributed by atoms with Crippen molar-refractivity contribution in [1.29, 1.82) is 0 Å². The van der Waals surface area contributed by atoms with E-state index in [1.54, 1.807) is 11.3 Å². The van der Waals surface area contributed by atoms with E-state index in [0.717, 1.165) is 26.9 Å². The summed E-state index contributed by atoms with van der Waals surface area (Å²) in [6, 6.07) is 10.0. The second-order valence-corrected chi connectivity index (χ2v) is 6.51. The van der Waals surface area contributed by atoms with Crippen molar-refractivity contribution >= 4 is 33.0 Å². The zero-order valence-electron chi connectivity index (χ0n) is 10.5. The molecule has 0 aliphatic carbocycles. The van der Waals surface area contributed by atoms with E-state index in [1.807, 2.05) is 25.1 Å². The molecule has 1 heterocycles. The van der Waals surface area contributed by atoms with Crippen LogP contribution >= 0.6 is 27.3 Å². The van der Waals surface area contributed by atoms with Crippen LogP contribution in [0.5, 0.6) is 0 Å². The minimum atomic E-state index is 0.184. The van der Waals surface area contributed by atoms with Gasteiger partial charge in [0, 0.05) is 26.2 Å². The Hall–Kier alpha value is -0.930. The monoisotopic (exact) mass is 322 g/mol. The Morgan fingerprint density at radius 3 is 2.56 bits per heavy atom. The number of halogens is 1. The van der Waals surface area contributed by atoms with Gasteiger partial charge < -0.3 is 0 Å². The van der Waals surface area contributed by atoms with Gasteiger partial charge in [0.15, 0.2) is 5.78 Å². The van der Waals surface area contributed by atoms with Gasteiger partial charge in [-0.2, -0.15) is 0 Å². The zero-order valence-corrected chi connectivity index (χ0v) is 12.9. The highest BCUT2D eigenvalue weighted by Gasteiger charge is 2.10. The predicted octanol–water partition coefficient (Wildman–Crippen LogP) is 4.81. The van der Waals surface area contributed by atoms with E-state index in [9.17, 15) is 4.79 Å². The van der Waals surface area contributed by atoms with Crippen LogP contribution in [0.3, 0.4) is 0 Å². The first-order chi connectivity index (χ1) is 8.58. The minimum Gasteiger partial charge on any atom is -0.294 e. The molecule has 1 nitrogen and oxygen atoms in total. The molecule has 0 bridgehead atoms. The van der Waals surface area contributed by atoms with Gasteiger partial charge in [0.05, 0.1) is 0 Å². The van der Waals surface area contributed by atoms with Crippen LogP contribution in [0.1, 0.15) is 32.6 Å². The van der Waals surface area contributed by atoms with Crippen LogP contribution in [0.15, 0.2) is 34.8 Å². The number of rotatable bonds is 4. The van der Waals surface area contributed by atoms with Crippen molar-refractivity contribution in [2.45, 2.75) is 26.7 Å². The molecule has 0 atom stereocenters. The lowest BCUT2D eigenvalue weighted by atomic mass is 10.1. The molecule has 2 aromatic rings. The lowest BCUT2D eigenvalue weighted by Gasteiger charge is -2.02. The third kappa shape index (κ3) is 3.30. The third-order valence-corrected chi connectivity index (χ3v) is 4.45. The van der Waals surface area contributed by atoms with Crippen molar-refractivity contribution in [2.24, 2.45) is 0 Å². The minimum absolute atomic E-state index is 0.184. The fraction of sp³-hybridized carbons (Fsp3) is 0.267. The zero-order chi connectivity index (χ0) is 13.1. The Labute approximate surface area is 120 Å². The molecule has 0 radical (unpaired) electrons. The van der Waals surface area contributed by atoms with Crippen molar-refractivity contribution in [3.8, 4) is 0 Å². The number of Topliss-reactive ketones (excluding diaryl/α,β-unsaturated/α-hetero) is 1. The van der Waals surface area contributed by atoms with Crippen LogP contribution in [0.4, 0.5) is 0 Å². The first kappa shape index (κ1) is 13.5. The molecule has 18 heavy (non-hydrogen) atoms. The summed E-state index contributed by atoms with van der Waals surface area (Å²) in [4.78, 5) is 14.7. The molecule has 1 aromatic carbocycles. The first-order valence-electron chi connectivity index (χ1n) is 5.96. The molecular weight excluding hydrogens is 308 g/mol. The van der Waals surface area contributed by atoms with Crippen molar-refractivity contribution in [3.63, 3.8) is 0 Å². The van der Waals surface area contributed by atoms with Gasteiger partial charge in [-0.05, 0) is 49.2 Å². The van der Waals surface area contributed by atoms with Gasteiger partial charge in [-0.25, -0.2) is 0 Å². The lowest BCUT2D eigenvalue weighted by molar-refractivity contribution is 0.0993. The van der Waals surface area contributed by atoms with Crippen molar-refractivity contribution in [3.05, 3.63) is 55.7 Å². The fourth-order valence-electron chi connectivity index (χ4n) is 1.86. The molecule has 0 unspecified atom stereocenters.